The maximum absolute atomic E-state index is 12.8. The zero-order valence-corrected chi connectivity index (χ0v) is 14.4. The van der Waals surface area contributed by atoms with E-state index in [1.165, 1.54) is 5.39 Å². The van der Waals surface area contributed by atoms with E-state index in [0.717, 1.165) is 22.1 Å². The molecular weight excluding hydrogens is 320 g/mol. The highest BCUT2D eigenvalue weighted by molar-refractivity contribution is 6.12. The molecule has 2 heteroatoms. The first kappa shape index (κ1) is 16.1. The summed E-state index contributed by atoms with van der Waals surface area (Å²) in [5, 5.41) is 12.9. The van der Waals surface area contributed by atoms with Crippen molar-refractivity contribution in [2.24, 2.45) is 0 Å². The molecule has 26 heavy (non-hydrogen) atoms. The van der Waals surface area contributed by atoms with Crippen LogP contribution >= 0.6 is 0 Å². The van der Waals surface area contributed by atoms with Gasteiger partial charge in [0.05, 0.1) is 5.56 Å². The second kappa shape index (κ2) is 6.49. The Morgan fingerprint density at radius 1 is 0.731 bits per heavy atom. The molecule has 126 valence electrons. The van der Waals surface area contributed by atoms with Gasteiger partial charge in [-0.2, -0.15) is 0 Å². The molecule has 0 amide bonds. The number of hydrogen-bond acceptors (Lipinski definition) is 2. The van der Waals surface area contributed by atoms with Crippen molar-refractivity contribution in [2.45, 2.75) is 6.92 Å². The molecule has 4 aromatic rings. The first-order valence-electron chi connectivity index (χ1n) is 8.56. The molecule has 1 N–H and O–H groups in total. The lowest BCUT2D eigenvalue weighted by Crippen LogP contribution is -2.04. The number of carbonyl (C=O) groups excluding carboxylic acids is 1. The summed E-state index contributed by atoms with van der Waals surface area (Å²) in [4.78, 5) is 12.8. The summed E-state index contributed by atoms with van der Waals surface area (Å²) in [6.45, 7) is 1.86. The minimum absolute atomic E-state index is 0.0158. The minimum atomic E-state index is -0.161. The van der Waals surface area contributed by atoms with Gasteiger partial charge < -0.3 is 5.11 Å². The van der Waals surface area contributed by atoms with Crippen molar-refractivity contribution in [3.8, 4) is 16.9 Å². The SMILES string of the molecule is Cc1cc(-c2ccc3ccccc3c2)cc(O)c1C(=O)c1ccccc1. The van der Waals surface area contributed by atoms with Gasteiger partial charge in [0.25, 0.3) is 0 Å². The molecule has 4 rings (SSSR count). The molecule has 2 nitrogen and oxygen atoms in total. The molecule has 0 heterocycles. The molecule has 0 aliphatic heterocycles. The first-order chi connectivity index (χ1) is 12.6. The third-order valence-electron chi connectivity index (χ3n) is 4.66. The van der Waals surface area contributed by atoms with Crippen LogP contribution in [0.1, 0.15) is 21.5 Å². The molecule has 0 aromatic heterocycles. The van der Waals surface area contributed by atoms with Crippen LogP contribution in [-0.2, 0) is 0 Å². The van der Waals surface area contributed by atoms with E-state index in [0.29, 0.717) is 11.1 Å². The Morgan fingerprint density at radius 2 is 1.42 bits per heavy atom. The number of fused-ring (bicyclic) bond motifs is 1. The van der Waals surface area contributed by atoms with Crippen LogP contribution in [0.3, 0.4) is 0 Å². The lowest BCUT2D eigenvalue weighted by molar-refractivity contribution is 0.103. The van der Waals surface area contributed by atoms with E-state index in [1.807, 2.05) is 49.4 Å². The van der Waals surface area contributed by atoms with E-state index < -0.39 is 0 Å². The Bertz CT molecular complexity index is 1090. The third kappa shape index (κ3) is 2.86. The molecule has 0 aliphatic carbocycles. The van der Waals surface area contributed by atoms with Crippen molar-refractivity contribution in [2.75, 3.05) is 0 Å². The zero-order valence-electron chi connectivity index (χ0n) is 14.4. The summed E-state index contributed by atoms with van der Waals surface area (Å²) in [7, 11) is 0. The van der Waals surface area contributed by atoms with Gasteiger partial charge in [0.1, 0.15) is 5.75 Å². The highest BCUT2D eigenvalue weighted by Crippen LogP contribution is 2.32. The van der Waals surface area contributed by atoms with Crippen molar-refractivity contribution in [1.29, 1.82) is 0 Å². The predicted molar refractivity (Wildman–Crippen MR) is 106 cm³/mol. The fraction of sp³-hybridized carbons (Fsp3) is 0.0417. The van der Waals surface area contributed by atoms with Crippen LogP contribution in [0.5, 0.6) is 5.75 Å². The highest BCUT2D eigenvalue weighted by Gasteiger charge is 2.17. The number of carbonyl (C=O) groups is 1. The van der Waals surface area contributed by atoms with Crippen LogP contribution in [0, 0.1) is 6.92 Å². The zero-order chi connectivity index (χ0) is 18.1. The molecule has 0 atom stereocenters. The normalized spacial score (nSPS) is 10.8. The molecule has 0 fully saturated rings. The number of phenols is 1. The van der Waals surface area contributed by atoms with Crippen LogP contribution < -0.4 is 0 Å². The molecule has 0 radical (unpaired) electrons. The third-order valence-corrected chi connectivity index (χ3v) is 4.66. The summed E-state index contributed by atoms with van der Waals surface area (Å²) in [6, 6.07) is 27.0. The monoisotopic (exact) mass is 338 g/mol. The molecule has 0 aliphatic rings. The maximum Gasteiger partial charge on any atom is 0.197 e. The average Bonchev–Trinajstić information content (AvgIpc) is 2.67. The van der Waals surface area contributed by atoms with Gasteiger partial charge in [0.15, 0.2) is 5.78 Å². The van der Waals surface area contributed by atoms with E-state index in [-0.39, 0.29) is 11.5 Å². The van der Waals surface area contributed by atoms with Crippen molar-refractivity contribution in [1.82, 2.24) is 0 Å². The second-order valence-electron chi connectivity index (χ2n) is 6.44. The van der Waals surface area contributed by atoms with Gasteiger partial charge in [-0.25, -0.2) is 0 Å². The molecule has 0 spiro atoms. The van der Waals surface area contributed by atoms with Crippen LogP contribution in [0.2, 0.25) is 0 Å². The van der Waals surface area contributed by atoms with Crippen molar-refractivity contribution < 1.29 is 9.90 Å². The van der Waals surface area contributed by atoms with Gasteiger partial charge in [-0.3, -0.25) is 4.79 Å². The highest BCUT2D eigenvalue weighted by atomic mass is 16.3. The van der Waals surface area contributed by atoms with Gasteiger partial charge >= 0.3 is 0 Å². The molecular formula is C24H18O2. The number of hydrogen-bond donors (Lipinski definition) is 1. The number of ketones is 1. The van der Waals surface area contributed by atoms with Crippen LogP contribution in [0.4, 0.5) is 0 Å². The van der Waals surface area contributed by atoms with Crippen LogP contribution in [0.25, 0.3) is 21.9 Å². The Morgan fingerprint density at radius 3 is 2.15 bits per heavy atom. The number of aromatic hydroxyl groups is 1. The average molecular weight is 338 g/mol. The number of benzene rings is 4. The Balaban J connectivity index is 1.79. The number of rotatable bonds is 3. The van der Waals surface area contributed by atoms with Gasteiger partial charge in [0, 0.05) is 5.56 Å². The molecule has 0 bridgehead atoms. The van der Waals surface area contributed by atoms with Gasteiger partial charge in [-0.15, -0.1) is 0 Å². The summed E-state index contributed by atoms with van der Waals surface area (Å²) >= 11 is 0. The lowest BCUT2D eigenvalue weighted by Gasteiger charge is -2.12. The largest absolute Gasteiger partial charge is 0.507 e. The van der Waals surface area contributed by atoms with Gasteiger partial charge in [-0.05, 0) is 46.5 Å². The molecule has 0 saturated heterocycles. The summed E-state index contributed by atoms with van der Waals surface area (Å²) < 4.78 is 0. The van der Waals surface area contributed by atoms with Gasteiger partial charge in [-0.1, -0.05) is 72.8 Å². The summed E-state index contributed by atoms with van der Waals surface area (Å²) in [6.07, 6.45) is 0. The Hall–Kier alpha value is -3.39. The van der Waals surface area contributed by atoms with E-state index in [1.54, 1.807) is 18.2 Å². The van der Waals surface area contributed by atoms with Gasteiger partial charge in [0.2, 0.25) is 0 Å². The maximum atomic E-state index is 12.8. The summed E-state index contributed by atoms with van der Waals surface area (Å²) in [5.41, 5.74) is 3.61. The van der Waals surface area contributed by atoms with Crippen molar-refractivity contribution in [3.63, 3.8) is 0 Å². The van der Waals surface area contributed by atoms with E-state index >= 15 is 0 Å². The fourth-order valence-electron chi connectivity index (χ4n) is 3.33. The van der Waals surface area contributed by atoms with Crippen LogP contribution in [-0.4, -0.2) is 10.9 Å². The number of aryl methyl sites for hydroxylation is 1. The van der Waals surface area contributed by atoms with Crippen LogP contribution in [0.15, 0.2) is 84.9 Å². The topological polar surface area (TPSA) is 37.3 Å². The molecule has 4 aromatic carbocycles. The molecule has 0 unspecified atom stereocenters. The lowest BCUT2D eigenvalue weighted by atomic mass is 9.93. The Kier molecular flexibility index (Phi) is 4.02. The second-order valence-corrected chi connectivity index (χ2v) is 6.44. The molecule has 0 saturated carbocycles. The standard InChI is InChI=1S/C24H18O2/c1-16-13-21(20-12-11-17-7-5-6-10-19(17)14-20)15-22(25)23(16)24(26)18-8-3-2-4-9-18/h2-15,25H,1H3. The van der Waals surface area contributed by atoms with Crippen molar-refractivity contribution in [3.05, 3.63) is 102 Å². The summed E-state index contributed by atoms with van der Waals surface area (Å²) in [5.74, 6) is -0.146. The van der Waals surface area contributed by atoms with E-state index in [9.17, 15) is 9.90 Å². The quantitative estimate of drug-likeness (QED) is 0.483. The van der Waals surface area contributed by atoms with E-state index in [2.05, 4.69) is 24.3 Å². The smallest absolute Gasteiger partial charge is 0.197 e. The Labute approximate surface area is 152 Å². The predicted octanol–water partition coefficient (Wildman–Crippen LogP) is 5.75. The number of phenolic OH excluding ortho intramolecular Hbond substituents is 1. The first-order valence-corrected chi connectivity index (χ1v) is 8.56. The van der Waals surface area contributed by atoms with Crippen molar-refractivity contribution >= 4 is 16.6 Å². The fourth-order valence-corrected chi connectivity index (χ4v) is 3.33. The minimum Gasteiger partial charge on any atom is -0.507 e. The van der Waals surface area contributed by atoms with E-state index in [4.69, 9.17) is 0 Å².